The molecule has 0 N–H and O–H groups in total. The first-order chi connectivity index (χ1) is 34.0. The maximum Gasteiger partial charge on any atom is -0.0104 e. The summed E-state index contributed by atoms with van der Waals surface area (Å²) in [7, 11) is 0. The van der Waals surface area contributed by atoms with Crippen molar-refractivity contribution in [2.45, 2.75) is 183 Å². The van der Waals surface area contributed by atoms with E-state index in [2.05, 4.69) is 90.2 Å². The molecule has 0 nitrogen and oxygen atoms in total. The van der Waals surface area contributed by atoms with Gasteiger partial charge in [0.15, 0.2) is 0 Å². The van der Waals surface area contributed by atoms with E-state index in [0.717, 1.165) is 159 Å². The van der Waals surface area contributed by atoms with Gasteiger partial charge in [0, 0.05) is 0 Å². The maximum atomic E-state index is 2.69. The number of allylic oxidation sites excluding steroid dienone is 8. The average Bonchev–Trinajstić information content (AvgIpc) is 4.21. The van der Waals surface area contributed by atoms with Gasteiger partial charge in [-0.15, -0.1) is 0 Å². The van der Waals surface area contributed by atoms with Crippen molar-refractivity contribution in [1.29, 1.82) is 0 Å². The minimum absolute atomic E-state index is 0.585. The Morgan fingerprint density at radius 1 is 0.329 bits per heavy atom. The molecule has 0 spiro atoms. The number of fused-ring (bicyclic) bond motifs is 48. The third-order valence-corrected chi connectivity index (χ3v) is 31.4. The molecule has 0 saturated heterocycles. The molecule has 32 atom stereocenters. The van der Waals surface area contributed by atoms with E-state index in [4.69, 9.17) is 0 Å². The van der Waals surface area contributed by atoms with Gasteiger partial charge in [-0.25, -0.2) is 0 Å². The first kappa shape index (κ1) is 44.1. The third kappa shape index (κ3) is 5.37. The van der Waals surface area contributed by atoms with Crippen LogP contribution >= 0.6 is 0 Å². The Kier molecular flexibility index (Phi) is 9.40. The van der Waals surface area contributed by atoms with Crippen LogP contribution in [0.3, 0.4) is 0 Å². The molecule has 20 aliphatic carbocycles. The smallest absolute Gasteiger partial charge is 0.0104 e. The molecular weight excluding hydrogens is 841 g/mol. The molecule has 20 rings (SSSR count). The predicted octanol–water partition coefficient (Wildman–Crippen LogP) is 17.6. The fourth-order valence-electron chi connectivity index (χ4n) is 30.6. The lowest BCUT2D eigenvalue weighted by Crippen LogP contribution is -2.46. The molecule has 380 valence electrons. The monoisotopic (exact) mass is 941 g/mol. The van der Waals surface area contributed by atoms with Gasteiger partial charge < -0.3 is 0 Å². The second kappa shape index (κ2) is 14.9. The Morgan fingerprint density at radius 3 is 1.46 bits per heavy atom. The summed E-state index contributed by atoms with van der Waals surface area (Å²) < 4.78 is 0. The van der Waals surface area contributed by atoms with Crippen molar-refractivity contribution in [1.82, 2.24) is 0 Å². The highest BCUT2D eigenvalue weighted by Crippen LogP contribution is 2.81. The van der Waals surface area contributed by atoms with Crippen molar-refractivity contribution in [3.63, 3.8) is 0 Å². The van der Waals surface area contributed by atoms with Crippen LogP contribution in [0.2, 0.25) is 0 Å². The number of hydrogen-bond acceptors (Lipinski definition) is 0. The molecule has 0 aromatic heterocycles. The summed E-state index contributed by atoms with van der Waals surface area (Å²) in [6.45, 7) is 15.7. The molecule has 16 bridgehead atoms. The zero-order valence-corrected chi connectivity index (χ0v) is 45.5. The molecule has 0 amide bonds. The molecule has 0 aromatic rings. The van der Waals surface area contributed by atoms with E-state index >= 15 is 0 Å². The van der Waals surface area contributed by atoms with Crippen LogP contribution in [-0.4, -0.2) is 0 Å². The van der Waals surface area contributed by atoms with Crippen molar-refractivity contribution >= 4 is 0 Å². The maximum absolute atomic E-state index is 2.69. The van der Waals surface area contributed by atoms with Crippen LogP contribution in [0.15, 0.2) is 48.6 Å². The lowest BCUT2D eigenvalue weighted by molar-refractivity contribution is -0.0188. The molecule has 20 aliphatic rings. The third-order valence-electron chi connectivity index (χ3n) is 31.4. The molecule has 0 heterocycles. The van der Waals surface area contributed by atoms with Crippen LogP contribution in [-0.2, 0) is 0 Å². The highest BCUT2D eigenvalue weighted by molar-refractivity contribution is 5.32. The van der Waals surface area contributed by atoms with Crippen LogP contribution in [0.4, 0.5) is 0 Å². The molecule has 32 unspecified atom stereocenters. The fourth-order valence-corrected chi connectivity index (χ4v) is 30.6. The lowest BCUT2D eigenvalue weighted by Gasteiger charge is -2.51. The van der Waals surface area contributed by atoms with E-state index in [9.17, 15) is 0 Å². The summed E-state index contributed by atoms with van der Waals surface area (Å²) in [5.74, 6) is 32.6. The summed E-state index contributed by atoms with van der Waals surface area (Å²) in [5, 5.41) is 0. The standard InChI is InChI=1S/3C18H26.C16H22/c1-17-8-7-11(9-17)15-16(17)13-10-18(15,2)14-6-4-3-5-12(13)14;1-17-8-7-11(9-17)15-13-10-18(2,16(15)17)14-6-4-3-5-12(13)14;1-9-11-7-8-12(9)18-16-10(2)15(17(11)18)13-5-3-4-6-14(13)16;1-2-4-12-11(3-1)13-8-14(12)16-10-6-5-9(7-10)15(13)16/h2*7-8,11-16H,3-6,9-10H2,1-2H3;7-18H,3-6H2,1-2H3;5-6,9-16H,1-4,7-8H2. The SMILES string of the molecule is C1=CC2CC1C1C3CC(C4CCCCC43)C21.CC12C=CC(C1)C1C2C2CC1(C)C1CCCCC21.CC12C=CC(C1)C1C3CC(C)(C4CCCCC34)C12.CC1C2C=CC1C1C3C(C)C(C4CCCCC43)C21. The summed E-state index contributed by atoms with van der Waals surface area (Å²) in [4.78, 5) is 0. The second-order valence-electron chi connectivity index (χ2n) is 32.9. The Balaban J connectivity index is 0.0000000783. The van der Waals surface area contributed by atoms with E-state index in [0.29, 0.717) is 16.2 Å². The zero-order valence-electron chi connectivity index (χ0n) is 45.5. The highest BCUT2D eigenvalue weighted by atomic mass is 14.8. The summed E-state index contributed by atoms with van der Waals surface area (Å²) in [6, 6.07) is 0. The van der Waals surface area contributed by atoms with Gasteiger partial charge in [0.25, 0.3) is 0 Å². The lowest BCUT2D eigenvalue weighted by atomic mass is 9.53. The Bertz CT molecular complexity index is 2190. The first-order valence-corrected chi connectivity index (χ1v) is 32.7. The van der Waals surface area contributed by atoms with Gasteiger partial charge in [0.1, 0.15) is 0 Å². The van der Waals surface area contributed by atoms with Crippen molar-refractivity contribution in [2.75, 3.05) is 0 Å². The van der Waals surface area contributed by atoms with E-state index in [1.165, 1.54) is 75.0 Å². The minimum atomic E-state index is 0.585. The van der Waals surface area contributed by atoms with E-state index < -0.39 is 0 Å². The molecule has 70 heavy (non-hydrogen) atoms. The fraction of sp³-hybridized carbons (Fsp3) is 0.886. The van der Waals surface area contributed by atoms with Crippen LogP contribution in [0.25, 0.3) is 0 Å². The molecule has 0 heteroatoms. The summed E-state index contributed by atoms with van der Waals surface area (Å²) >= 11 is 0. The number of hydrogen-bond donors (Lipinski definition) is 0. The normalized spacial score (nSPS) is 66.9. The molecule has 0 radical (unpaired) electrons. The highest BCUT2D eigenvalue weighted by Gasteiger charge is 2.75. The van der Waals surface area contributed by atoms with Crippen molar-refractivity contribution in [3.05, 3.63) is 48.6 Å². The van der Waals surface area contributed by atoms with E-state index in [-0.39, 0.29) is 0 Å². The molecule has 0 aromatic carbocycles. The van der Waals surface area contributed by atoms with Crippen LogP contribution in [0.5, 0.6) is 0 Å². The van der Waals surface area contributed by atoms with Crippen LogP contribution in [0, 0.1) is 199 Å². The van der Waals surface area contributed by atoms with Crippen LogP contribution < -0.4 is 0 Å². The van der Waals surface area contributed by atoms with Crippen molar-refractivity contribution in [2.24, 2.45) is 199 Å². The summed E-state index contributed by atoms with van der Waals surface area (Å²) in [5.41, 5.74) is 2.63. The molecular formula is C70H100. The first-order valence-electron chi connectivity index (χ1n) is 32.7. The van der Waals surface area contributed by atoms with E-state index in [1.54, 1.807) is 89.9 Å². The van der Waals surface area contributed by atoms with Crippen molar-refractivity contribution < 1.29 is 0 Å². The van der Waals surface area contributed by atoms with Gasteiger partial charge in [0.2, 0.25) is 0 Å². The largest absolute Gasteiger partial charge is 0.0848 e. The Labute approximate surface area is 428 Å². The van der Waals surface area contributed by atoms with Gasteiger partial charge in [-0.3, -0.25) is 0 Å². The van der Waals surface area contributed by atoms with Crippen molar-refractivity contribution in [3.8, 4) is 0 Å². The van der Waals surface area contributed by atoms with Gasteiger partial charge >= 0.3 is 0 Å². The van der Waals surface area contributed by atoms with Gasteiger partial charge in [-0.05, 0) is 289 Å². The quantitative estimate of drug-likeness (QED) is 0.168. The average molecular weight is 942 g/mol. The molecule has 16 saturated carbocycles. The van der Waals surface area contributed by atoms with E-state index in [1.807, 2.05) is 0 Å². The van der Waals surface area contributed by atoms with Gasteiger partial charge in [-0.1, -0.05) is 142 Å². The Hall–Kier alpha value is -1.04. The van der Waals surface area contributed by atoms with Crippen LogP contribution in [0.1, 0.15) is 183 Å². The molecule has 0 aliphatic heterocycles. The van der Waals surface area contributed by atoms with Gasteiger partial charge in [-0.2, -0.15) is 0 Å². The predicted molar refractivity (Wildman–Crippen MR) is 287 cm³/mol. The topological polar surface area (TPSA) is 0 Å². The molecule has 16 fully saturated rings. The number of rotatable bonds is 0. The Morgan fingerprint density at radius 2 is 0.829 bits per heavy atom. The van der Waals surface area contributed by atoms with Gasteiger partial charge in [0.05, 0.1) is 0 Å². The zero-order chi connectivity index (χ0) is 46.5. The second-order valence-corrected chi connectivity index (χ2v) is 32.9. The summed E-state index contributed by atoms with van der Waals surface area (Å²) in [6.07, 6.45) is 55.1. The minimum Gasteiger partial charge on any atom is -0.0848 e.